The third-order valence-corrected chi connectivity index (χ3v) is 4.53. The molecular weight excluding hydrogens is 368 g/mol. The fourth-order valence-electron chi connectivity index (χ4n) is 3.22. The summed E-state index contributed by atoms with van der Waals surface area (Å²) in [7, 11) is 1.32. The average Bonchev–Trinajstić information content (AvgIpc) is 2.67. The van der Waals surface area contributed by atoms with Crippen LogP contribution < -0.4 is 15.8 Å². The Hall–Kier alpha value is -3.02. The first kappa shape index (κ1) is 22.3. The van der Waals surface area contributed by atoms with Gasteiger partial charge in [-0.15, -0.1) is 0 Å². The third-order valence-electron chi connectivity index (χ3n) is 4.53. The number of anilines is 1. The molecule has 0 heterocycles. The number of nitrogens with one attached hydrogen (secondary N) is 1. The highest BCUT2D eigenvalue weighted by Crippen LogP contribution is 2.27. The maximum atomic E-state index is 12.7. The molecule has 0 fully saturated rings. The summed E-state index contributed by atoms with van der Waals surface area (Å²) in [5, 5.41) is 3.10. The van der Waals surface area contributed by atoms with Crippen molar-refractivity contribution in [3.05, 3.63) is 59.2 Å². The van der Waals surface area contributed by atoms with Gasteiger partial charge in [-0.1, -0.05) is 38.1 Å². The van der Waals surface area contributed by atoms with Gasteiger partial charge in [-0.05, 0) is 48.6 Å². The molecule has 2 rings (SSSR count). The molecule has 0 aliphatic heterocycles. The summed E-state index contributed by atoms with van der Waals surface area (Å²) in [6.07, 6.45) is 0.953. The molecule has 0 radical (unpaired) electrons. The summed E-state index contributed by atoms with van der Waals surface area (Å²) in [5.41, 5.74) is 8.81. The van der Waals surface area contributed by atoms with E-state index in [0.717, 1.165) is 17.5 Å². The lowest BCUT2D eigenvalue weighted by Gasteiger charge is -2.22. The zero-order valence-corrected chi connectivity index (χ0v) is 17.5. The Balaban J connectivity index is 2.18. The smallest absolute Gasteiger partial charge is 0.341 e. The van der Waals surface area contributed by atoms with Crippen LogP contribution in [-0.4, -0.2) is 25.6 Å². The molecule has 0 aliphatic rings. The van der Waals surface area contributed by atoms with Gasteiger partial charge in [0, 0.05) is 5.69 Å². The number of carbonyl (C=O) groups excluding carboxylic acids is 2. The second-order valence-electron chi connectivity index (χ2n) is 7.31. The van der Waals surface area contributed by atoms with Gasteiger partial charge in [-0.25, -0.2) is 4.79 Å². The van der Waals surface area contributed by atoms with E-state index < -0.39 is 5.97 Å². The normalized spacial score (nSPS) is 11.8. The van der Waals surface area contributed by atoms with Crippen LogP contribution in [-0.2, 0) is 16.0 Å². The molecule has 1 amide bonds. The first-order valence-electron chi connectivity index (χ1n) is 9.83. The van der Waals surface area contributed by atoms with Gasteiger partial charge in [-0.3, -0.25) is 4.79 Å². The molecule has 0 aromatic heterocycles. The van der Waals surface area contributed by atoms with Gasteiger partial charge in [0.05, 0.1) is 26.2 Å². The molecular formula is C23H30N2O4. The van der Waals surface area contributed by atoms with Crippen molar-refractivity contribution in [1.29, 1.82) is 0 Å². The molecule has 0 saturated heterocycles. The van der Waals surface area contributed by atoms with Crippen molar-refractivity contribution >= 4 is 17.6 Å². The Labute approximate surface area is 172 Å². The van der Waals surface area contributed by atoms with Crippen molar-refractivity contribution in [2.24, 2.45) is 5.92 Å². The van der Waals surface area contributed by atoms with Gasteiger partial charge in [-0.2, -0.15) is 0 Å². The fraction of sp³-hybridized carbons (Fsp3) is 0.391. The molecule has 6 nitrogen and oxygen atoms in total. The number of nitrogens with two attached hydrogens (primary N) is 1. The summed E-state index contributed by atoms with van der Waals surface area (Å²) >= 11 is 0. The number of nitrogen functional groups attached to an aromatic ring is 1. The van der Waals surface area contributed by atoms with Crippen molar-refractivity contribution < 1.29 is 19.1 Å². The number of esters is 1. The Kier molecular flexibility index (Phi) is 8.07. The number of benzene rings is 2. The maximum absolute atomic E-state index is 12.7. The summed E-state index contributed by atoms with van der Waals surface area (Å²) in [5.74, 6) is 0.215. The molecule has 3 N–H and O–H groups in total. The number of rotatable bonds is 9. The van der Waals surface area contributed by atoms with Gasteiger partial charge in [0.15, 0.2) is 0 Å². The van der Waals surface area contributed by atoms with E-state index in [0.29, 0.717) is 29.5 Å². The molecule has 29 heavy (non-hydrogen) atoms. The van der Waals surface area contributed by atoms with Crippen LogP contribution in [0.25, 0.3) is 0 Å². The number of hydrogen-bond donors (Lipinski definition) is 2. The number of para-hydroxylation sites is 1. The molecule has 0 saturated carbocycles. The highest BCUT2D eigenvalue weighted by atomic mass is 16.5. The topological polar surface area (TPSA) is 90.6 Å². The minimum atomic E-state index is -0.471. The summed E-state index contributed by atoms with van der Waals surface area (Å²) in [4.78, 5) is 24.6. The minimum absolute atomic E-state index is 0.118. The lowest BCUT2D eigenvalue weighted by Crippen LogP contribution is -2.31. The lowest BCUT2D eigenvalue weighted by atomic mass is 9.95. The van der Waals surface area contributed by atoms with Gasteiger partial charge in [0.2, 0.25) is 5.91 Å². The quantitative estimate of drug-likeness (QED) is 0.494. The van der Waals surface area contributed by atoms with Gasteiger partial charge in [0.25, 0.3) is 0 Å². The molecule has 1 atom stereocenters. The summed E-state index contributed by atoms with van der Waals surface area (Å²) < 4.78 is 10.3. The SMILES string of the molecule is CCOc1cc(CC(=O)NC(CC(C)C)c2ccccc2N)ccc1C(=O)OC. The van der Waals surface area contributed by atoms with E-state index in [1.807, 2.05) is 31.2 Å². The second-order valence-corrected chi connectivity index (χ2v) is 7.31. The van der Waals surface area contributed by atoms with Crippen LogP contribution in [0.5, 0.6) is 5.75 Å². The molecule has 1 unspecified atom stereocenters. The second kappa shape index (κ2) is 10.5. The van der Waals surface area contributed by atoms with Crippen molar-refractivity contribution in [2.45, 2.75) is 39.7 Å². The molecule has 0 aliphatic carbocycles. The van der Waals surface area contributed by atoms with E-state index >= 15 is 0 Å². The van der Waals surface area contributed by atoms with Crippen molar-refractivity contribution in [1.82, 2.24) is 5.32 Å². The fourth-order valence-corrected chi connectivity index (χ4v) is 3.22. The van der Waals surface area contributed by atoms with Crippen LogP contribution in [0.4, 0.5) is 5.69 Å². The highest BCUT2D eigenvalue weighted by molar-refractivity contribution is 5.92. The number of amides is 1. The predicted octanol–water partition coefficient (Wildman–Crippen LogP) is 3.90. The highest BCUT2D eigenvalue weighted by Gasteiger charge is 2.19. The third kappa shape index (κ3) is 6.24. The van der Waals surface area contributed by atoms with Gasteiger partial charge in [0.1, 0.15) is 11.3 Å². The first-order valence-corrected chi connectivity index (χ1v) is 9.83. The first-order chi connectivity index (χ1) is 13.8. The standard InChI is InChI=1S/C23H30N2O4/c1-5-29-21-13-16(10-11-18(21)23(27)28-4)14-22(26)25-20(12-15(2)3)17-8-6-7-9-19(17)24/h6-11,13,15,20H,5,12,14,24H2,1-4H3,(H,25,26). The molecule has 156 valence electrons. The summed E-state index contributed by atoms with van der Waals surface area (Å²) in [6.45, 7) is 6.46. The molecule has 2 aromatic carbocycles. The van der Waals surface area contributed by atoms with Crippen molar-refractivity contribution in [3.8, 4) is 5.75 Å². The van der Waals surface area contributed by atoms with Gasteiger partial charge < -0.3 is 20.5 Å². The Morgan fingerprint density at radius 1 is 1.14 bits per heavy atom. The van der Waals surface area contributed by atoms with E-state index in [-0.39, 0.29) is 18.4 Å². The summed E-state index contributed by atoms with van der Waals surface area (Å²) in [6, 6.07) is 12.5. The monoisotopic (exact) mass is 398 g/mol. The van der Waals surface area contributed by atoms with Crippen LogP contribution in [0, 0.1) is 5.92 Å². The van der Waals surface area contributed by atoms with Crippen LogP contribution in [0.1, 0.15) is 54.7 Å². The van der Waals surface area contributed by atoms with Gasteiger partial charge >= 0.3 is 5.97 Å². The predicted molar refractivity (Wildman–Crippen MR) is 114 cm³/mol. The van der Waals surface area contributed by atoms with Crippen molar-refractivity contribution in [3.63, 3.8) is 0 Å². The Bertz CT molecular complexity index is 849. The number of ether oxygens (including phenoxy) is 2. The Morgan fingerprint density at radius 2 is 1.86 bits per heavy atom. The molecule has 0 bridgehead atoms. The van der Waals surface area contributed by atoms with E-state index in [4.69, 9.17) is 15.2 Å². The van der Waals surface area contributed by atoms with Crippen LogP contribution in [0.15, 0.2) is 42.5 Å². The molecule has 2 aromatic rings. The zero-order valence-electron chi connectivity index (χ0n) is 17.5. The van der Waals surface area contributed by atoms with Crippen LogP contribution in [0.3, 0.4) is 0 Å². The van der Waals surface area contributed by atoms with Crippen LogP contribution >= 0.6 is 0 Å². The number of methoxy groups -OCH3 is 1. The zero-order chi connectivity index (χ0) is 21.4. The molecule has 6 heteroatoms. The molecule has 0 spiro atoms. The van der Waals surface area contributed by atoms with E-state index in [2.05, 4.69) is 19.2 Å². The van der Waals surface area contributed by atoms with E-state index in [1.54, 1.807) is 18.2 Å². The van der Waals surface area contributed by atoms with E-state index in [9.17, 15) is 9.59 Å². The number of carbonyl (C=O) groups is 2. The maximum Gasteiger partial charge on any atom is 0.341 e. The Morgan fingerprint density at radius 3 is 2.48 bits per heavy atom. The average molecular weight is 399 g/mol. The van der Waals surface area contributed by atoms with Crippen molar-refractivity contribution in [2.75, 3.05) is 19.5 Å². The van der Waals surface area contributed by atoms with E-state index in [1.165, 1.54) is 7.11 Å². The van der Waals surface area contributed by atoms with Crippen LogP contribution in [0.2, 0.25) is 0 Å². The number of hydrogen-bond acceptors (Lipinski definition) is 5. The largest absolute Gasteiger partial charge is 0.493 e. The lowest BCUT2D eigenvalue weighted by molar-refractivity contribution is -0.121. The minimum Gasteiger partial charge on any atom is -0.493 e.